The minimum Gasteiger partial charge on any atom is -0.378 e. The number of aromatic nitrogens is 3. The van der Waals surface area contributed by atoms with Crippen molar-refractivity contribution in [2.24, 2.45) is 0 Å². The Kier molecular flexibility index (Phi) is 7.72. The molecule has 212 valence electrons. The van der Waals surface area contributed by atoms with Gasteiger partial charge in [0.05, 0.1) is 24.5 Å². The number of amides is 3. The highest BCUT2D eigenvalue weighted by Gasteiger charge is 2.19. The molecule has 0 saturated carbocycles. The Morgan fingerprint density at radius 1 is 0.952 bits per heavy atom. The first kappa shape index (κ1) is 27.3. The Balaban J connectivity index is 1.23. The van der Waals surface area contributed by atoms with E-state index in [2.05, 4.69) is 25.9 Å². The Hall–Kier alpha value is -4.93. The number of anilines is 4. The van der Waals surface area contributed by atoms with Crippen LogP contribution >= 0.6 is 11.6 Å². The first-order valence-electron chi connectivity index (χ1n) is 13.4. The lowest BCUT2D eigenvalue weighted by Crippen LogP contribution is -2.40. The molecule has 0 radical (unpaired) electrons. The molecular weight excluding hydrogens is 554 g/mol. The molecule has 5 aromatic rings. The molecular formula is C31H28ClN7O3. The van der Waals surface area contributed by atoms with Crippen molar-refractivity contribution in [3.05, 3.63) is 102 Å². The first-order chi connectivity index (χ1) is 20.4. The molecule has 1 aliphatic heterocycles. The van der Waals surface area contributed by atoms with E-state index < -0.39 is 0 Å². The van der Waals surface area contributed by atoms with Crippen molar-refractivity contribution < 1.29 is 14.3 Å². The summed E-state index contributed by atoms with van der Waals surface area (Å²) in [6.45, 7) is 4.20. The number of ether oxygens (including phenoxy) is 1. The summed E-state index contributed by atoms with van der Waals surface area (Å²) in [5.41, 5.74) is 6.02. The van der Waals surface area contributed by atoms with Crippen LogP contribution in [-0.4, -0.2) is 57.5 Å². The van der Waals surface area contributed by atoms with E-state index in [-0.39, 0.29) is 11.9 Å². The molecule has 1 aliphatic rings. The number of hydrogen-bond donors (Lipinski definition) is 3. The van der Waals surface area contributed by atoms with E-state index in [4.69, 9.17) is 16.3 Å². The molecule has 3 amide bonds. The van der Waals surface area contributed by atoms with E-state index in [1.54, 1.807) is 53.7 Å². The predicted octanol–water partition coefficient (Wildman–Crippen LogP) is 6.22. The van der Waals surface area contributed by atoms with E-state index in [0.29, 0.717) is 54.1 Å². The lowest BCUT2D eigenvalue weighted by atomic mass is 10.00. The third kappa shape index (κ3) is 5.90. The summed E-state index contributed by atoms with van der Waals surface area (Å²) in [5.74, 6) is 0.528. The third-order valence-corrected chi connectivity index (χ3v) is 7.27. The molecule has 6 rings (SSSR count). The van der Waals surface area contributed by atoms with E-state index >= 15 is 0 Å². The van der Waals surface area contributed by atoms with Gasteiger partial charge in [-0.1, -0.05) is 29.8 Å². The maximum Gasteiger partial charge on any atom is 0.323 e. The standard InChI is InChI=1S/C31H28ClN7O3/c1-20-25(6-3-7-26(20)37-31(41)35-24-5-2-4-23(32)17-24)22-16-27(29-33-10-11-39(29)19-22)36-28-9-8-21(18-34-28)30(40)38-12-14-42-15-13-38/h2-11,16-19H,12-15H2,1H3,(H,34,36)(H2,35,37,41). The molecule has 42 heavy (non-hydrogen) atoms. The van der Waals surface area contributed by atoms with Crippen molar-refractivity contribution in [3.8, 4) is 11.1 Å². The van der Waals surface area contributed by atoms with Crippen LogP contribution in [-0.2, 0) is 4.74 Å². The molecule has 1 fully saturated rings. The van der Waals surface area contributed by atoms with E-state index in [0.717, 1.165) is 28.0 Å². The maximum atomic E-state index is 12.8. The number of imidazole rings is 1. The number of halogens is 1. The largest absolute Gasteiger partial charge is 0.378 e. The van der Waals surface area contributed by atoms with Crippen LogP contribution in [0.3, 0.4) is 0 Å². The molecule has 2 aromatic carbocycles. The molecule has 3 N–H and O–H groups in total. The maximum absolute atomic E-state index is 12.8. The Morgan fingerprint density at radius 2 is 1.79 bits per heavy atom. The van der Waals surface area contributed by atoms with Crippen molar-refractivity contribution >= 4 is 52.1 Å². The fraction of sp³-hybridized carbons (Fsp3) is 0.161. The number of carbonyl (C=O) groups excluding carboxylic acids is 2. The van der Waals surface area contributed by atoms with Gasteiger partial charge in [0.1, 0.15) is 5.82 Å². The van der Waals surface area contributed by atoms with Crippen LogP contribution in [0.1, 0.15) is 15.9 Å². The third-order valence-electron chi connectivity index (χ3n) is 7.03. The quantitative estimate of drug-likeness (QED) is 0.219. The second kappa shape index (κ2) is 11.9. The van der Waals surface area contributed by atoms with E-state index in [1.807, 2.05) is 48.0 Å². The van der Waals surface area contributed by atoms with Gasteiger partial charge in [-0.15, -0.1) is 0 Å². The molecule has 0 bridgehead atoms. The van der Waals surface area contributed by atoms with Crippen LogP contribution in [0.5, 0.6) is 0 Å². The molecule has 0 unspecified atom stereocenters. The highest BCUT2D eigenvalue weighted by Crippen LogP contribution is 2.32. The average molecular weight is 582 g/mol. The monoisotopic (exact) mass is 581 g/mol. The number of nitrogens with one attached hydrogen (secondary N) is 3. The fourth-order valence-electron chi connectivity index (χ4n) is 4.89. The number of urea groups is 1. The molecule has 4 heterocycles. The molecule has 0 aliphatic carbocycles. The van der Waals surface area contributed by atoms with Crippen molar-refractivity contribution in [2.45, 2.75) is 6.92 Å². The minimum atomic E-state index is -0.369. The van der Waals surface area contributed by atoms with Crippen LogP contribution in [0, 0.1) is 6.92 Å². The zero-order chi connectivity index (χ0) is 29.1. The topological polar surface area (TPSA) is 113 Å². The number of rotatable bonds is 6. The van der Waals surface area contributed by atoms with E-state index in [9.17, 15) is 9.59 Å². The molecule has 1 saturated heterocycles. The Morgan fingerprint density at radius 3 is 2.57 bits per heavy atom. The van der Waals surface area contributed by atoms with Gasteiger partial charge in [0.2, 0.25) is 0 Å². The van der Waals surface area contributed by atoms with Crippen molar-refractivity contribution in [2.75, 3.05) is 42.3 Å². The normalized spacial score (nSPS) is 13.1. The second-order valence-corrected chi connectivity index (χ2v) is 10.3. The summed E-state index contributed by atoms with van der Waals surface area (Å²) in [4.78, 5) is 36.3. The minimum absolute atomic E-state index is 0.0554. The summed E-state index contributed by atoms with van der Waals surface area (Å²) in [5, 5.41) is 9.65. The van der Waals surface area contributed by atoms with Crippen molar-refractivity contribution in [3.63, 3.8) is 0 Å². The van der Waals surface area contributed by atoms with Crippen LogP contribution < -0.4 is 16.0 Å². The average Bonchev–Trinajstić information content (AvgIpc) is 3.48. The number of carbonyl (C=O) groups is 2. The van der Waals surface area contributed by atoms with Gasteiger partial charge < -0.3 is 30.0 Å². The lowest BCUT2D eigenvalue weighted by Gasteiger charge is -2.26. The van der Waals surface area contributed by atoms with Gasteiger partial charge in [-0.2, -0.15) is 0 Å². The zero-order valence-electron chi connectivity index (χ0n) is 22.8. The van der Waals surface area contributed by atoms with Gasteiger partial charge in [0.25, 0.3) is 5.91 Å². The van der Waals surface area contributed by atoms with Crippen molar-refractivity contribution in [1.29, 1.82) is 0 Å². The van der Waals surface area contributed by atoms with Crippen LogP contribution in [0.25, 0.3) is 16.8 Å². The molecule has 10 nitrogen and oxygen atoms in total. The number of hydrogen-bond acceptors (Lipinski definition) is 6. The Labute approximate surface area is 247 Å². The highest BCUT2D eigenvalue weighted by atomic mass is 35.5. The summed E-state index contributed by atoms with van der Waals surface area (Å²) < 4.78 is 7.27. The van der Waals surface area contributed by atoms with E-state index in [1.165, 1.54) is 0 Å². The van der Waals surface area contributed by atoms with Crippen molar-refractivity contribution in [1.82, 2.24) is 19.3 Å². The Bertz CT molecular complexity index is 1760. The SMILES string of the molecule is Cc1c(NC(=O)Nc2cccc(Cl)c2)cccc1-c1cc(Nc2ccc(C(=O)N3CCOCC3)cn2)c2nccn2c1. The fourth-order valence-corrected chi connectivity index (χ4v) is 5.08. The molecule has 11 heteroatoms. The number of nitrogens with zero attached hydrogens (tertiary/aromatic N) is 4. The summed E-state index contributed by atoms with van der Waals surface area (Å²) in [6.07, 6.45) is 7.17. The molecule has 3 aromatic heterocycles. The highest BCUT2D eigenvalue weighted by molar-refractivity contribution is 6.30. The number of fused-ring (bicyclic) bond motifs is 1. The summed E-state index contributed by atoms with van der Waals surface area (Å²) in [6, 6.07) is 17.9. The van der Waals surface area contributed by atoms with Crippen LogP contribution in [0.2, 0.25) is 5.02 Å². The second-order valence-electron chi connectivity index (χ2n) is 9.83. The summed E-state index contributed by atoms with van der Waals surface area (Å²) in [7, 11) is 0. The van der Waals surface area contributed by atoms with Gasteiger partial charge in [-0.25, -0.2) is 14.8 Å². The summed E-state index contributed by atoms with van der Waals surface area (Å²) >= 11 is 6.04. The van der Waals surface area contributed by atoms with Gasteiger partial charge in [0.15, 0.2) is 5.65 Å². The molecule has 0 spiro atoms. The predicted molar refractivity (Wildman–Crippen MR) is 164 cm³/mol. The smallest absolute Gasteiger partial charge is 0.323 e. The number of benzene rings is 2. The lowest BCUT2D eigenvalue weighted by molar-refractivity contribution is 0.0302. The van der Waals surface area contributed by atoms with Gasteiger partial charge in [-0.05, 0) is 60.5 Å². The first-order valence-corrected chi connectivity index (χ1v) is 13.8. The van der Waals surface area contributed by atoms with Gasteiger partial charge in [0, 0.05) is 59.8 Å². The number of morpholine rings is 1. The van der Waals surface area contributed by atoms with Gasteiger partial charge >= 0.3 is 6.03 Å². The zero-order valence-corrected chi connectivity index (χ0v) is 23.6. The van der Waals surface area contributed by atoms with Gasteiger partial charge in [-0.3, -0.25) is 4.79 Å². The number of pyridine rings is 2. The van der Waals surface area contributed by atoms with Crippen LogP contribution in [0.4, 0.5) is 27.7 Å². The molecule has 0 atom stereocenters. The van der Waals surface area contributed by atoms with Crippen LogP contribution in [0.15, 0.2) is 85.5 Å².